The average Bonchev–Trinajstić information content (AvgIpc) is 2.44. The minimum atomic E-state index is -0.460. The van der Waals surface area contributed by atoms with Gasteiger partial charge in [-0.3, -0.25) is 4.79 Å². The first-order chi connectivity index (χ1) is 9.60. The van der Waals surface area contributed by atoms with Gasteiger partial charge < -0.3 is 4.74 Å². The summed E-state index contributed by atoms with van der Waals surface area (Å²) in [6.07, 6.45) is 1.72. The van der Waals surface area contributed by atoms with Crippen LogP contribution in [0.3, 0.4) is 0 Å². The molecule has 0 atom stereocenters. The van der Waals surface area contributed by atoms with Gasteiger partial charge in [-0.25, -0.2) is 9.37 Å². The van der Waals surface area contributed by atoms with Crippen molar-refractivity contribution >= 4 is 17.4 Å². The number of rotatable bonds is 5. The van der Waals surface area contributed by atoms with E-state index in [4.69, 9.17) is 16.3 Å². The molecule has 2 rings (SSSR count). The lowest BCUT2D eigenvalue weighted by Crippen LogP contribution is -2.08. The number of methoxy groups -OCH3 is 1. The summed E-state index contributed by atoms with van der Waals surface area (Å²) in [5, 5.41) is 0.270. The lowest BCUT2D eigenvalue weighted by atomic mass is 10.0. The highest BCUT2D eigenvalue weighted by molar-refractivity contribution is 6.31. The van der Waals surface area contributed by atoms with E-state index in [2.05, 4.69) is 4.98 Å². The first-order valence-corrected chi connectivity index (χ1v) is 6.41. The van der Waals surface area contributed by atoms with Crippen molar-refractivity contribution in [3.05, 3.63) is 58.5 Å². The molecule has 0 amide bonds. The second-order valence-corrected chi connectivity index (χ2v) is 4.71. The number of ether oxygens (including phenoxy) is 1. The van der Waals surface area contributed by atoms with Crippen LogP contribution < -0.4 is 4.74 Å². The van der Waals surface area contributed by atoms with Crippen LogP contribution in [0.15, 0.2) is 36.5 Å². The van der Waals surface area contributed by atoms with Crippen LogP contribution >= 0.6 is 11.6 Å². The molecule has 0 unspecified atom stereocenters. The van der Waals surface area contributed by atoms with Crippen LogP contribution in [0, 0.1) is 5.82 Å². The third-order valence-corrected chi connectivity index (χ3v) is 3.20. The summed E-state index contributed by atoms with van der Waals surface area (Å²) in [7, 11) is 1.52. The molecule has 3 nitrogen and oxygen atoms in total. The number of halogens is 2. The Morgan fingerprint density at radius 2 is 2.10 bits per heavy atom. The first-order valence-electron chi connectivity index (χ1n) is 6.03. The smallest absolute Gasteiger partial charge is 0.212 e. The van der Waals surface area contributed by atoms with E-state index >= 15 is 0 Å². The minimum Gasteiger partial charge on any atom is -0.481 e. The van der Waals surface area contributed by atoms with E-state index < -0.39 is 5.82 Å². The number of ketones is 1. The van der Waals surface area contributed by atoms with Gasteiger partial charge in [-0.2, -0.15) is 0 Å². The molecule has 0 aliphatic carbocycles. The molecule has 5 heteroatoms. The summed E-state index contributed by atoms with van der Waals surface area (Å²) in [4.78, 5) is 16.0. The van der Waals surface area contributed by atoms with Gasteiger partial charge in [-0.1, -0.05) is 23.7 Å². The predicted molar refractivity (Wildman–Crippen MR) is 74.6 cm³/mol. The fourth-order valence-electron chi connectivity index (χ4n) is 1.82. The van der Waals surface area contributed by atoms with Gasteiger partial charge in [0.25, 0.3) is 0 Å². The molecule has 0 bridgehead atoms. The third kappa shape index (κ3) is 3.54. The van der Waals surface area contributed by atoms with E-state index in [1.165, 1.54) is 19.2 Å². The maximum absolute atomic E-state index is 13.6. The fourth-order valence-corrected chi connectivity index (χ4v) is 2.05. The van der Waals surface area contributed by atoms with Gasteiger partial charge in [-0.05, 0) is 17.7 Å². The normalized spacial score (nSPS) is 10.3. The van der Waals surface area contributed by atoms with Crippen molar-refractivity contribution in [3.8, 4) is 5.88 Å². The number of carbonyl (C=O) groups excluding carboxylic acids is 1. The van der Waals surface area contributed by atoms with Crippen LogP contribution in [0.25, 0.3) is 0 Å². The highest BCUT2D eigenvalue weighted by Gasteiger charge is 2.12. The second-order valence-electron chi connectivity index (χ2n) is 4.30. The van der Waals surface area contributed by atoms with Gasteiger partial charge in [0, 0.05) is 35.7 Å². The molecule has 0 fully saturated rings. The molecule has 0 N–H and O–H groups in total. The van der Waals surface area contributed by atoms with Crippen molar-refractivity contribution in [1.82, 2.24) is 4.98 Å². The fraction of sp³-hybridized carbons (Fsp3) is 0.200. The molecule has 0 saturated carbocycles. The van der Waals surface area contributed by atoms with E-state index in [0.717, 1.165) is 5.56 Å². The predicted octanol–water partition coefficient (Wildman–Crippen LogP) is 3.24. The van der Waals surface area contributed by atoms with Crippen LogP contribution in [0.1, 0.15) is 11.1 Å². The Morgan fingerprint density at radius 1 is 1.30 bits per heavy atom. The van der Waals surface area contributed by atoms with Gasteiger partial charge in [0.15, 0.2) is 0 Å². The van der Waals surface area contributed by atoms with Crippen LogP contribution in [0.4, 0.5) is 4.39 Å². The zero-order chi connectivity index (χ0) is 14.5. The molecule has 0 aliphatic heterocycles. The van der Waals surface area contributed by atoms with E-state index in [9.17, 15) is 9.18 Å². The largest absolute Gasteiger partial charge is 0.481 e. The quantitative estimate of drug-likeness (QED) is 0.849. The standard InChI is InChI=1S/C15H13ClFNO2/c1-20-15-6-5-10(9-18-15)7-11(19)8-12-13(16)3-2-4-14(12)17/h2-6,9H,7-8H2,1H3. The van der Waals surface area contributed by atoms with Crippen molar-refractivity contribution < 1.29 is 13.9 Å². The van der Waals surface area contributed by atoms with E-state index in [1.807, 2.05) is 0 Å². The maximum Gasteiger partial charge on any atom is 0.212 e. The average molecular weight is 294 g/mol. The van der Waals surface area contributed by atoms with Crippen molar-refractivity contribution in [2.24, 2.45) is 0 Å². The molecule has 1 heterocycles. The molecule has 0 spiro atoms. The molecular weight excluding hydrogens is 281 g/mol. The summed E-state index contributed by atoms with van der Waals surface area (Å²) in [6, 6.07) is 7.82. The van der Waals surface area contributed by atoms with E-state index in [-0.39, 0.29) is 29.2 Å². The summed E-state index contributed by atoms with van der Waals surface area (Å²) in [5.74, 6) is -0.0963. The third-order valence-electron chi connectivity index (χ3n) is 2.84. The number of carbonyl (C=O) groups is 1. The molecule has 0 aliphatic rings. The van der Waals surface area contributed by atoms with Crippen LogP contribution in [0.5, 0.6) is 5.88 Å². The Kier molecular flexibility index (Phi) is 4.69. The monoisotopic (exact) mass is 293 g/mol. The van der Waals surface area contributed by atoms with Crippen molar-refractivity contribution in [2.45, 2.75) is 12.8 Å². The summed E-state index contributed by atoms with van der Waals surface area (Å²) in [6.45, 7) is 0. The molecular formula is C15H13ClFNO2. The molecule has 20 heavy (non-hydrogen) atoms. The topological polar surface area (TPSA) is 39.2 Å². The lowest BCUT2D eigenvalue weighted by molar-refractivity contribution is -0.117. The Hall–Kier alpha value is -1.94. The summed E-state index contributed by atoms with van der Waals surface area (Å²) >= 11 is 5.90. The van der Waals surface area contributed by atoms with E-state index in [0.29, 0.717) is 5.88 Å². The van der Waals surface area contributed by atoms with Crippen molar-refractivity contribution in [3.63, 3.8) is 0 Å². The molecule has 0 saturated heterocycles. The Morgan fingerprint density at radius 3 is 2.70 bits per heavy atom. The second kappa shape index (κ2) is 6.48. The number of nitrogens with zero attached hydrogens (tertiary/aromatic N) is 1. The number of Topliss-reactive ketones (excluding diaryl/α,β-unsaturated/α-hetero) is 1. The first kappa shape index (κ1) is 14.5. The highest BCUT2D eigenvalue weighted by atomic mass is 35.5. The van der Waals surface area contributed by atoms with E-state index in [1.54, 1.807) is 24.4 Å². The van der Waals surface area contributed by atoms with Crippen LogP contribution in [0.2, 0.25) is 5.02 Å². The van der Waals surface area contributed by atoms with Gasteiger partial charge in [0.2, 0.25) is 5.88 Å². The lowest BCUT2D eigenvalue weighted by Gasteiger charge is -2.06. The SMILES string of the molecule is COc1ccc(CC(=O)Cc2c(F)cccc2Cl)cn1. The zero-order valence-corrected chi connectivity index (χ0v) is 11.7. The number of hydrogen-bond donors (Lipinski definition) is 0. The van der Waals surface area contributed by atoms with Crippen LogP contribution in [-0.2, 0) is 17.6 Å². The molecule has 104 valence electrons. The molecule has 2 aromatic rings. The molecule has 0 radical (unpaired) electrons. The Bertz CT molecular complexity index is 594. The molecule has 1 aromatic heterocycles. The van der Waals surface area contributed by atoms with Gasteiger partial charge in [-0.15, -0.1) is 0 Å². The van der Waals surface area contributed by atoms with Crippen molar-refractivity contribution in [1.29, 1.82) is 0 Å². The Labute approximate surface area is 121 Å². The Balaban J connectivity index is 2.05. The number of benzene rings is 1. The zero-order valence-electron chi connectivity index (χ0n) is 10.9. The summed E-state index contributed by atoms with van der Waals surface area (Å²) < 4.78 is 18.5. The van der Waals surface area contributed by atoms with Gasteiger partial charge in [0.1, 0.15) is 11.6 Å². The number of hydrogen-bond acceptors (Lipinski definition) is 3. The van der Waals surface area contributed by atoms with Gasteiger partial charge >= 0.3 is 0 Å². The van der Waals surface area contributed by atoms with Gasteiger partial charge in [0.05, 0.1) is 7.11 Å². The van der Waals surface area contributed by atoms with Crippen molar-refractivity contribution in [2.75, 3.05) is 7.11 Å². The highest BCUT2D eigenvalue weighted by Crippen LogP contribution is 2.20. The minimum absolute atomic E-state index is 0.0302. The maximum atomic E-state index is 13.6. The summed E-state index contributed by atoms with van der Waals surface area (Å²) in [5.41, 5.74) is 0.990. The van der Waals surface area contributed by atoms with Crippen LogP contribution in [-0.4, -0.2) is 17.9 Å². The number of aromatic nitrogens is 1. The molecule has 1 aromatic carbocycles. The number of pyridine rings is 1.